The van der Waals surface area contributed by atoms with Gasteiger partial charge in [-0.15, -0.1) is 0 Å². The van der Waals surface area contributed by atoms with Crippen LogP contribution in [0.3, 0.4) is 0 Å². The van der Waals surface area contributed by atoms with Gasteiger partial charge < -0.3 is 19.7 Å². The Morgan fingerprint density at radius 3 is 2.52 bits per heavy atom. The molecule has 8 heteroatoms. The number of carbonyl (C=O) groups is 1. The Labute approximate surface area is 157 Å². The number of amides is 1. The van der Waals surface area contributed by atoms with Crippen LogP contribution in [0.4, 0.5) is 5.69 Å². The fourth-order valence-electron chi connectivity index (χ4n) is 2.64. The van der Waals surface area contributed by atoms with Crippen molar-refractivity contribution < 1.29 is 24.1 Å². The van der Waals surface area contributed by atoms with Gasteiger partial charge in [-0.05, 0) is 12.1 Å². The molecule has 27 heavy (non-hydrogen) atoms. The monoisotopic (exact) mass is 374 g/mol. The molecule has 0 aliphatic carbocycles. The van der Waals surface area contributed by atoms with Gasteiger partial charge in [0.15, 0.2) is 12.4 Å². The Bertz CT molecular complexity index is 780. The molecule has 0 heterocycles. The molecular weight excluding hydrogens is 350 g/mol. The first-order valence-electron chi connectivity index (χ1n) is 8.49. The zero-order valence-electron chi connectivity index (χ0n) is 15.6. The number of ether oxygens (including phenoxy) is 2. The van der Waals surface area contributed by atoms with Gasteiger partial charge in [0.2, 0.25) is 0 Å². The lowest BCUT2D eigenvalue weighted by Gasteiger charge is -2.22. The highest BCUT2D eigenvalue weighted by molar-refractivity contribution is 5.77. The molecule has 0 spiro atoms. The summed E-state index contributed by atoms with van der Waals surface area (Å²) in [5, 5.41) is 14.0. The summed E-state index contributed by atoms with van der Waals surface area (Å²) in [5.41, 5.74) is 0.867. The first kappa shape index (κ1) is 20.2. The number of carbonyl (C=O) groups excluding carboxylic acids is 1. The van der Waals surface area contributed by atoms with E-state index in [1.165, 1.54) is 24.1 Å². The Morgan fingerprint density at radius 2 is 1.93 bits per heavy atom. The Morgan fingerprint density at radius 1 is 1.22 bits per heavy atom. The molecule has 0 aliphatic heterocycles. The van der Waals surface area contributed by atoms with E-state index in [4.69, 9.17) is 9.47 Å². The summed E-state index contributed by atoms with van der Waals surface area (Å²) < 4.78 is 10.3. The molecule has 0 fully saturated rings. The molecule has 0 bridgehead atoms. The number of hydrogen-bond acceptors (Lipinski definition) is 5. The highest BCUT2D eigenvalue weighted by Gasteiger charge is 2.20. The van der Waals surface area contributed by atoms with Crippen molar-refractivity contribution in [3.8, 4) is 11.5 Å². The molecule has 0 unspecified atom stereocenters. The van der Waals surface area contributed by atoms with Gasteiger partial charge in [-0.1, -0.05) is 30.3 Å². The van der Waals surface area contributed by atoms with E-state index in [9.17, 15) is 14.9 Å². The van der Waals surface area contributed by atoms with Gasteiger partial charge in [0.1, 0.15) is 11.8 Å². The zero-order valence-corrected chi connectivity index (χ0v) is 15.6. The fourth-order valence-corrected chi connectivity index (χ4v) is 2.64. The molecule has 2 rings (SSSR count). The number of nitro benzene ring substituents is 1. The molecule has 0 aliphatic rings. The smallest absolute Gasteiger partial charge is 0.314 e. The number of nitrogens with zero attached hydrogens (tertiary/aromatic N) is 1. The number of quaternary nitrogens is 1. The summed E-state index contributed by atoms with van der Waals surface area (Å²) in [6.45, 7) is 0.122. The van der Waals surface area contributed by atoms with Gasteiger partial charge in [-0.25, -0.2) is 0 Å². The highest BCUT2D eigenvalue weighted by Crippen LogP contribution is 2.30. The lowest BCUT2D eigenvalue weighted by atomic mass is 10.1. The van der Waals surface area contributed by atoms with Crippen molar-refractivity contribution in [2.75, 3.05) is 34.4 Å². The highest BCUT2D eigenvalue weighted by atomic mass is 16.6. The van der Waals surface area contributed by atoms with Crippen LogP contribution in [0.15, 0.2) is 48.5 Å². The zero-order chi connectivity index (χ0) is 19.8. The van der Waals surface area contributed by atoms with E-state index >= 15 is 0 Å². The average molecular weight is 374 g/mol. The van der Waals surface area contributed by atoms with E-state index in [1.54, 1.807) is 6.07 Å². The van der Waals surface area contributed by atoms with Crippen molar-refractivity contribution in [3.05, 3.63) is 64.2 Å². The average Bonchev–Trinajstić information content (AvgIpc) is 2.66. The Balaban J connectivity index is 1.95. The largest absolute Gasteiger partial charge is 0.496 e. The summed E-state index contributed by atoms with van der Waals surface area (Å²) in [6.07, 6.45) is 0. The van der Waals surface area contributed by atoms with E-state index in [0.717, 1.165) is 5.56 Å². The Hall–Kier alpha value is -3.13. The van der Waals surface area contributed by atoms with Crippen LogP contribution in [-0.2, 0) is 4.79 Å². The normalized spacial score (nSPS) is 11.7. The maximum absolute atomic E-state index is 12.1. The molecule has 2 N–H and O–H groups in total. The molecule has 144 valence electrons. The predicted octanol–water partition coefficient (Wildman–Crippen LogP) is 0.984. The summed E-state index contributed by atoms with van der Waals surface area (Å²) in [6, 6.07) is 14.2. The summed E-state index contributed by atoms with van der Waals surface area (Å²) in [4.78, 5) is 23.9. The predicted molar refractivity (Wildman–Crippen MR) is 100 cm³/mol. The van der Waals surface area contributed by atoms with Crippen molar-refractivity contribution in [1.29, 1.82) is 0 Å². The molecule has 1 atom stereocenters. The second kappa shape index (κ2) is 9.54. The minimum atomic E-state index is -0.573. The van der Waals surface area contributed by atoms with Crippen LogP contribution in [0.2, 0.25) is 0 Å². The quantitative estimate of drug-likeness (QED) is 0.504. The first-order valence-corrected chi connectivity index (χ1v) is 8.49. The third kappa shape index (κ3) is 5.68. The van der Waals surface area contributed by atoms with E-state index in [0.29, 0.717) is 12.3 Å². The summed E-state index contributed by atoms with van der Waals surface area (Å²) in [7, 11) is 5.45. The van der Waals surface area contributed by atoms with E-state index in [2.05, 4.69) is 5.32 Å². The van der Waals surface area contributed by atoms with E-state index in [1.807, 2.05) is 44.4 Å². The molecule has 2 aromatic carbocycles. The Kier molecular flexibility index (Phi) is 7.13. The second-order valence-electron chi connectivity index (χ2n) is 6.22. The van der Waals surface area contributed by atoms with Crippen LogP contribution in [0.5, 0.6) is 11.5 Å². The van der Waals surface area contributed by atoms with Crippen LogP contribution < -0.4 is 19.7 Å². The maximum atomic E-state index is 12.1. The van der Waals surface area contributed by atoms with Crippen molar-refractivity contribution in [1.82, 2.24) is 5.32 Å². The number of methoxy groups -OCH3 is 1. The molecule has 1 amide bonds. The number of nitrogens with one attached hydrogen (secondary N) is 2. The number of likely N-dealkylation sites (N-methyl/N-ethyl adjacent to an activating group) is 1. The molecule has 0 saturated carbocycles. The van der Waals surface area contributed by atoms with Crippen LogP contribution in [0.1, 0.15) is 11.6 Å². The third-order valence-corrected chi connectivity index (χ3v) is 4.12. The lowest BCUT2D eigenvalue weighted by molar-refractivity contribution is -0.890. The standard InChI is InChI=1S/C19H23N3O5/c1-21(2)17(14-7-5-4-6-8-14)12-20-19(23)13-27-18-10-9-15(26-3)11-16(18)22(24)25/h4-11,17H,12-13H2,1-3H3,(H,20,23)/p+1/t17-/m0/s1. The topological polar surface area (TPSA) is 95.1 Å². The van der Waals surface area contributed by atoms with Crippen LogP contribution in [-0.4, -0.2) is 45.2 Å². The summed E-state index contributed by atoms with van der Waals surface area (Å²) >= 11 is 0. The minimum Gasteiger partial charge on any atom is -0.496 e. The van der Waals surface area contributed by atoms with Crippen molar-refractivity contribution >= 4 is 11.6 Å². The first-order chi connectivity index (χ1) is 12.9. The van der Waals surface area contributed by atoms with Gasteiger partial charge in [0.25, 0.3) is 5.91 Å². The van der Waals surface area contributed by atoms with Gasteiger partial charge in [0, 0.05) is 5.56 Å². The van der Waals surface area contributed by atoms with Crippen LogP contribution in [0.25, 0.3) is 0 Å². The van der Waals surface area contributed by atoms with Gasteiger partial charge in [0.05, 0.1) is 38.7 Å². The van der Waals surface area contributed by atoms with E-state index in [-0.39, 0.29) is 30.0 Å². The maximum Gasteiger partial charge on any atom is 0.314 e. The molecule has 0 aromatic heterocycles. The third-order valence-electron chi connectivity index (χ3n) is 4.12. The molecular formula is C19H24N3O5+. The number of hydrogen-bond donors (Lipinski definition) is 2. The van der Waals surface area contributed by atoms with E-state index < -0.39 is 4.92 Å². The number of rotatable bonds is 9. The SMILES string of the molecule is COc1ccc(OCC(=O)NC[C@@H](c2ccccc2)[NH+](C)C)c([N+](=O)[O-])c1. The van der Waals surface area contributed by atoms with Crippen molar-refractivity contribution in [2.45, 2.75) is 6.04 Å². The van der Waals surface area contributed by atoms with Gasteiger partial charge in [-0.3, -0.25) is 14.9 Å². The van der Waals surface area contributed by atoms with Crippen LogP contribution in [0, 0.1) is 10.1 Å². The molecule has 2 aromatic rings. The molecule has 0 saturated heterocycles. The number of nitro groups is 1. The lowest BCUT2D eigenvalue weighted by Crippen LogP contribution is -3.07. The second-order valence-corrected chi connectivity index (χ2v) is 6.22. The molecule has 8 nitrogen and oxygen atoms in total. The fraction of sp³-hybridized carbons (Fsp3) is 0.316. The van der Waals surface area contributed by atoms with Gasteiger partial charge >= 0.3 is 5.69 Å². The van der Waals surface area contributed by atoms with Crippen LogP contribution >= 0.6 is 0 Å². The van der Waals surface area contributed by atoms with Gasteiger partial charge in [-0.2, -0.15) is 0 Å². The minimum absolute atomic E-state index is 0.0220. The molecule has 0 radical (unpaired) electrons. The number of benzene rings is 2. The summed E-state index contributed by atoms with van der Waals surface area (Å²) in [5.74, 6) is 0.0225. The van der Waals surface area contributed by atoms with Crippen molar-refractivity contribution in [3.63, 3.8) is 0 Å². The van der Waals surface area contributed by atoms with Crippen molar-refractivity contribution in [2.24, 2.45) is 0 Å².